The first-order chi connectivity index (χ1) is 12.8. The first-order valence-electron chi connectivity index (χ1n) is 8.66. The Hall–Kier alpha value is -3.21. The van der Waals surface area contributed by atoms with E-state index in [2.05, 4.69) is 16.0 Å². The van der Waals surface area contributed by atoms with Crippen LogP contribution in [0.1, 0.15) is 17.7 Å². The van der Waals surface area contributed by atoms with Gasteiger partial charge < -0.3 is 9.64 Å². The van der Waals surface area contributed by atoms with Gasteiger partial charge in [-0.25, -0.2) is 14.8 Å². The summed E-state index contributed by atoms with van der Waals surface area (Å²) in [5, 5.41) is 1.04. The molecule has 0 bridgehead atoms. The van der Waals surface area contributed by atoms with E-state index in [9.17, 15) is 4.79 Å². The van der Waals surface area contributed by atoms with Crippen molar-refractivity contribution in [2.24, 2.45) is 0 Å². The van der Waals surface area contributed by atoms with Gasteiger partial charge in [0.2, 0.25) is 0 Å². The summed E-state index contributed by atoms with van der Waals surface area (Å²) in [6, 6.07) is 17.7. The minimum atomic E-state index is -0.281. The van der Waals surface area contributed by atoms with Crippen LogP contribution < -0.4 is 0 Å². The molecule has 130 valence electrons. The Morgan fingerprint density at radius 3 is 2.65 bits per heavy atom. The Bertz CT molecular complexity index is 948. The Labute approximate surface area is 152 Å². The van der Waals surface area contributed by atoms with Crippen LogP contribution >= 0.6 is 0 Å². The highest BCUT2D eigenvalue weighted by Crippen LogP contribution is 2.26. The zero-order valence-corrected chi connectivity index (χ0v) is 14.3. The Kier molecular flexibility index (Phi) is 4.60. The highest BCUT2D eigenvalue weighted by Gasteiger charge is 2.20. The topological polar surface area (TPSA) is 55.3 Å². The van der Waals surface area contributed by atoms with Gasteiger partial charge in [-0.1, -0.05) is 54.6 Å². The van der Waals surface area contributed by atoms with E-state index < -0.39 is 0 Å². The maximum atomic E-state index is 12.3. The number of benzene rings is 2. The van der Waals surface area contributed by atoms with Gasteiger partial charge in [-0.15, -0.1) is 0 Å². The quantitative estimate of drug-likeness (QED) is 0.718. The van der Waals surface area contributed by atoms with E-state index in [4.69, 9.17) is 4.74 Å². The van der Waals surface area contributed by atoms with Crippen LogP contribution in [0, 0.1) is 0 Å². The number of ether oxygens (including phenoxy) is 1. The molecule has 1 amide bonds. The summed E-state index contributed by atoms with van der Waals surface area (Å²) in [6.45, 7) is 1.45. The highest BCUT2D eigenvalue weighted by atomic mass is 16.6. The lowest BCUT2D eigenvalue weighted by Gasteiger charge is -2.26. The third-order valence-corrected chi connectivity index (χ3v) is 4.52. The normalized spacial score (nSPS) is 14.2. The number of fused-ring (bicyclic) bond motifs is 1. The molecule has 1 aromatic heterocycles. The van der Waals surface area contributed by atoms with Crippen LogP contribution in [0.4, 0.5) is 4.79 Å². The minimum absolute atomic E-state index is 0.281. The number of amides is 1. The molecule has 0 N–H and O–H groups in total. The van der Waals surface area contributed by atoms with Crippen LogP contribution in [0.15, 0.2) is 67.0 Å². The zero-order chi connectivity index (χ0) is 17.8. The van der Waals surface area contributed by atoms with Gasteiger partial charge in [0.25, 0.3) is 0 Å². The molecule has 0 spiro atoms. The van der Waals surface area contributed by atoms with Crippen LogP contribution in [0.25, 0.3) is 16.5 Å². The first-order valence-corrected chi connectivity index (χ1v) is 8.66. The highest BCUT2D eigenvalue weighted by molar-refractivity contribution is 5.90. The summed E-state index contributed by atoms with van der Waals surface area (Å²) < 4.78 is 5.41. The van der Waals surface area contributed by atoms with E-state index >= 15 is 0 Å². The zero-order valence-electron chi connectivity index (χ0n) is 14.3. The van der Waals surface area contributed by atoms with E-state index in [0.717, 1.165) is 34.2 Å². The molecule has 5 heteroatoms. The number of hydrogen-bond donors (Lipinski definition) is 0. The number of carbonyl (C=O) groups excluding carboxylic acids is 1. The van der Waals surface area contributed by atoms with E-state index in [1.165, 1.54) is 0 Å². The van der Waals surface area contributed by atoms with Crippen LogP contribution in [0.2, 0.25) is 0 Å². The molecule has 2 aromatic carbocycles. The molecular weight excluding hydrogens is 326 g/mol. The van der Waals surface area contributed by atoms with Crippen molar-refractivity contribution in [3.63, 3.8) is 0 Å². The van der Waals surface area contributed by atoms with Crippen molar-refractivity contribution < 1.29 is 9.53 Å². The number of nitrogens with zero attached hydrogens (tertiary/aromatic N) is 3. The van der Waals surface area contributed by atoms with Gasteiger partial charge >= 0.3 is 6.09 Å². The molecule has 0 unspecified atom stereocenters. The van der Waals surface area contributed by atoms with Gasteiger partial charge in [0.1, 0.15) is 12.9 Å². The van der Waals surface area contributed by atoms with Gasteiger partial charge in [0.15, 0.2) is 0 Å². The fourth-order valence-corrected chi connectivity index (χ4v) is 3.12. The fraction of sp³-hybridized carbons (Fsp3) is 0.190. The maximum Gasteiger partial charge on any atom is 0.410 e. The predicted molar refractivity (Wildman–Crippen MR) is 100 cm³/mol. The number of carbonyl (C=O) groups is 1. The fourth-order valence-electron chi connectivity index (χ4n) is 3.12. The second-order valence-corrected chi connectivity index (χ2v) is 6.20. The second kappa shape index (κ2) is 7.35. The van der Waals surface area contributed by atoms with Crippen molar-refractivity contribution in [3.8, 4) is 0 Å². The van der Waals surface area contributed by atoms with Crippen LogP contribution in [-0.4, -0.2) is 34.1 Å². The average molecular weight is 345 g/mol. The molecule has 1 aliphatic heterocycles. The molecule has 0 atom stereocenters. The smallest absolute Gasteiger partial charge is 0.410 e. The van der Waals surface area contributed by atoms with Crippen molar-refractivity contribution in [1.29, 1.82) is 0 Å². The first kappa shape index (κ1) is 16.3. The lowest BCUT2D eigenvalue weighted by Crippen LogP contribution is -2.35. The average Bonchev–Trinajstić information content (AvgIpc) is 2.72. The lowest BCUT2D eigenvalue weighted by molar-refractivity contribution is 0.0998. The molecule has 1 aliphatic rings. The third-order valence-electron chi connectivity index (χ3n) is 4.52. The Balaban J connectivity index is 1.44. The summed E-state index contributed by atoms with van der Waals surface area (Å²) >= 11 is 0. The van der Waals surface area contributed by atoms with Gasteiger partial charge in [-0.05, 0) is 23.6 Å². The van der Waals surface area contributed by atoms with Crippen molar-refractivity contribution in [1.82, 2.24) is 14.9 Å². The summed E-state index contributed by atoms with van der Waals surface area (Å²) in [4.78, 5) is 22.8. The van der Waals surface area contributed by atoms with Crippen molar-refractivity contribution in [3.05, 3.63) is 78.3 Å². The SMILES string of the molecule is O=C(OCc1ccccc1)N1CC=C(c2ncnc3ccccc23)CC1. The molecule has 5 nitrogen and oxygen atoms in total. The van der Waals surface area contributed by atoms with E-state index in [1.807, 2.05) is 54.6 Å². The van der Waals surface area contributed by atoms with Gasteiger partial charge in [-0.3, -0.25) is 0 Å². The van der Waals surface area contributed by atoms with Crippen molar-refractivity contribution >= 4 is 22.6 Å². The predicted octanol–water partition coefficient (Wildman–Crippen LogP) is 4.06. The Morgan fingerprint density at radius 1 is 1.04 bits per heavy atom. The minimum Gasteiger partial charge on any atom is -0.445 e. The molecular formula is C21H19N3O2. The maximum absolute atomic E-state index is 12.3. The molecule has 0 saturated carbocycles. The number of para-hydroxylation sites is 1. The second-order valence-electron chi connectivity index (χ2n) is 6.20. The summed E-state index contributed by atoms with van der Waals surface area (Å²) in [7, 11) is 0. The molecule has 2 heterocycles. The van der Waals surface area contributed by atoms with Gasteiger partial charge in [0, 0.05) is 18.5 Å². The van der Waals surface area contributed by atoms with Crippen molar-refractivity contribution in [2.75, 3.05) is 13.1 Å². The van der Waals surface area contributed by atoms with Crippen LogP contribution in [0.5, 0.6) is 0 Å². The van der Waals surface area contributed by atoms with E-state index in [-0.39, 0.29) is 6.09 Å². The monoisotopic (exact) mass is 345 g/mol. The largest absolute Gasteiger partial charge is 0.445 e. The molecule has 0 fully saturated rings. The molecule has 3 aromatic rings. The van der Waals surface area contributed by atoms with E-state index in [0.29, 0.717) is 19.7 Å². The molecule has 0 radical (unpaired) electrons. The lowest BCUT2D eigenvalue weighted by atomic mass is 10.0. The molecule has 26 heavy (non-hydrogen) atoms. The van der Waals surface area contributed by atoms with Crippen LogP contribution in [-0.2, 0) is 11.3 Å². The number of rotatable bonds is 3. The number of aromatic nitrogens is 2. The van der Waals surface area contributed by atoms with E-state index in [1.54, 1.807) is 11.2 Å². The third kappa shape index (κ3) is 3.42. The summed E-state index contributed by atoms with van der Waals surface area (Å²) in [6.07, 6.45) is 4.12. The van der Waals surface area contributed by atoms with Crippen molar-refractivity contribution in [2.45, 2.75) is 13.0 Å². The van der Waals surface area contributed by atoms with Crippen LogP contribution in [0.3, 0.4) is 0 Å². The molecule has 4 rings (SSSR count). The standard InChI is InChI=1S/C21H19N3O2/c25-21(26-14-16-6-2-1-3-7-16)24-12-10-17(11-13-24)20-18-8-4-5-9-19(18)22-15-23-20/h1-10,15H,11-14H2. The molecule has 0 aliphatic carbocycles. The van der Waals surface area contributed by atoms with Gasteiger partial charge in [-0.2, -0.15) is 0 Å². The van der Waals surface area contributed by atoms with Gasteiger partial charge in [0.05, 0.1) is 11.2 Å². The number of hydrogen-bond acceptors (Lipinski definition) is 4. The Morgan fingerprint density at radius 2 is 1.85 bits per heavy atom. The molecule has 0 saturated heterocycles. The summed E-state index contributed by atoms with van der Waals surface area (Å²) in [5.74, 6) is 0. The summed E-state index contributed by atoms with van der Waals surface area (Å²) in [5.41, 5.74) is 4.02.